The van der Waals surface area contributed by atoms with Gasteiger partial charge >= 0.3 is 0 Å². The molecule has 0 radical (unpaired) electrons. The fourth-order valence-electron chi connectivity index (χ4n) is 1.69. The molecule has 0 saturated heterocycles. The van der Waals surface area contributed by atoms with E-state index in [4.69, 9.17) is 0 Å². The zero-order valence-electron chi connectivity index (χ0n) is 10.4. The van der Waals surface area contributed by atoms with E-state index in [-0.39, 0.29) is 6.04 Å². The number of rotatable bonds is 4. The monoisotopic (exact) mass is 262 g/mol. The van der Waals surface area contributed by atoms with Crippen LogP contribution in [-0.2, 0) is 0 Å². The first-order chi connectivity index (χ1) is 8.69. The second-order valence-electron chi connectivity index (χ2n) is 4.01. The predicted molar refractivity (Wildman–Crippen MR) is 74.5 cm³/mol. The summed E-state index contributed by atoms with van der Waals surface area (Å²) in [4.78, 5) is 4.87. The number of benzene rings is 1. The highest BCUT2D eigenvalue weighted by Crippen LogP contribution is 2.21. The van der Waals surface area contributed by atoms with Crippen molar-refractivity contribution in [1.29, 1.82) is 0 Å². The maximum Gasteiger partial charge on any atom is 0.212 e. The van der Waals surface area contributed by atoms with Gasteiger partial charge in [-0.05, 0) is 43.0 Å². The maximum absolute atomic E-state index is 12.7. The van der Waals surface area contributed by atoms with Crippen molar-refractivity contribution in [3.05, 3.63) is 54.1 Å². The molecule has 4 heteroatoms. The molecular formula is C14H15FN2S. The summed E-state index contributed by atoms with van der Waals surface area (Å²) in [5, 5.41) is 3.29. The number of nitrogens with one attached hydrogen (secondary N) is 1. The van der Waals surface area contributed by atoms with E-state index in [9.17, 15) is 4.39 Å². The minimum Gasteiger partial charge on any atom is -0.377 e. The third-order valence-electron chi connectivity index (χ3n) is 2.73. The molecule has 2 nitrogen and oxygen atoms in total. The minimum atomic E-state index is -0.461. The van der Waals surface area contributed by atoms with Crippen molar-refractivity contribution in [1.82, 2.24) is 4.98 Å². The molecule has 0 fully saturated rings. The number of anilines is 1. The van der Waals surface area contributed by atoms with Crippen LogP contribution in [0.2, 0.25) is 0 Å². The molecule has 0 saturated carbocycles. The van der Waals surface area contributed by atoms with Crippen molar-refractivity contribution in [2.75, 3.05) is 11.6 Å². The molecule has 94 valence electrons. The number of pyridine rings is 1. The van der Waals surface area contributed by atoms with Gasteiger partial charge in [0, 0.05) is 10.9 Å². The second-order valence-corrected chi connectivity index (χ2v) is 4.89. The Balaban J connectivity index is 2.06. The summed E-state index contributed by atoms with van der Waals surface area (Å²) in [5.41, 5.74) is 2.01. The molecule has 1 heterocycles. The Labute approximate surface area is 111 Å². The number of halogens is 1. The lowest BCUT2D eigenvalue weighted by atomic mass is 10.1. The highest BCUT2D eigenvalue weighted by Gasteiger charge is 2.05. The fourth-order valence-corrected chi connectivity index (χ4v) is 2.10. The maximum atomic E-state index is 12.7. The third kappa shape index (κ3) is 3.23. The normalized spacial score (nSPS) is 12.2. The Morgan fingerprint density at radius 3 is 2.44 bits per heavy atom. The van der Waals surface area contributed by atoms with Gasteiger partial charge in [-0.2, -0.15) is 4.39 Å². The van der Waals surface area contributed by atoms with Crippen LogP contribution in [0.25, 0.3) is 0 Å². The van der Waals surface area contributed by atoms with Crippen LogP contribution in [0.1, 0.15) is 18.5 Å². The molecule has 0 amide bonds. The molecule has 0 bridgehead atoms. The quantitative estimate of drug-likeness (QED) is 0.663. The third-order valence-corrected chi connectivity index (χ3v) is 3.47. The van der Waals surface area contributed by atoms with E-state index in [0.717, 1.165) is 5.69 Å². The fraction of sp³-hybridized carbons (Fsp3) is 0.214. The van der Waals surface area contributed by atoms with Crippen LogP contribution in [-0.4, -0.2) is 11.2 Å². The minimum absolute atomic E-state index is 0.160. The van der Waals surface area contributed by atoms with Gasteiger partial charge in [-0.3, -0.25) is 0 Å². The van der Waals surface area contributed by atoms with Crippen molar-refractivity contribution in [3.8, 4) is 0 Å². The molecule has 1 N–H and O–H groups in total. The van der Waals surface area contributed by atoms with Crippen molar-refractivity contribution in [2.24, 2.45) is 0 Å². The van der Waals surface area contributed by atoms with Gasteiger partial charge in [-0.1, -0.05) is 12.1 Å². The molecule has 0 aliphatic heterocycles. The molecule has 1 unspecified atom stereocenters. The zero-order chi connectivity index (χ0) is 13.0. The summed E-state index contributed by atoms with van der Waals surface area (Å²) in [5.74, 6) is -0.461. The Kier molecular flexibility index (Phi) is 4.20. The Morgan fingerprint density at radius 2 is 1.89 bits per heavy atom. The van der Waals surface area contributed by atoms with E-state index >= 15 is 0 Å². The second kappa shape index (κ2) is 5.87. The van der Waals surface area contributed by atoms with E-state index in [0.29, 0.717) is 0 Å². The van der Waals surface area contributed by atoms with Crippen LogP contribution in [0.3, 0.4) is 0 Å². The summed E-state index contributed by atoms with van der Waals surface area (Å²) in [6.07, 6.45) is 3.56. The SMILES string of the molecule is CSc1ccc(C(C)Nc2ccc(F)nc2)cc1. The lowest BCUT2D eigenvalue weighted by Gasteiger charge is -2.15. The van der Waals surface area contributed by atoms with Crippen molar-refractivity contribution < 1.29 is 4.39 Å². The van der Waals surface area contributed by atoms with Gasteiger partial charge in [0.15, 0.2) is 0 Å². The number of aromatic nitrogens is 1. The number of nitrogens with zero attached hydrogens (tertiary/aromatic N) is 1. The number of thioether (sulfide) groups is 1. The highest BCUT2D eigenvalue weighted by molar-refractivity contribution is 7.98. The van der Waals surface area contributed by atoms with Gasteiger partial charge in [-0.15, -0.1) is 11.8 Å². The molecule has 1 aromatic heterocycles. The molecule has 18 heavy (non-hydrogen) atoms. The first-order valence-electron chi connectivity index (χ1n) is 5.71. The van der Waals surface area contributed by atoms with Crippen LogP contribution < -0.4 is 5.32 Å². The average molecular weight is 262 g/mol. The highest BCUT2D eigenvalue weighted by atomic mass is 32.2. The van der Waals surface area contributed by atoms with Gasteiger partial charge in [0.05, 0.1) is 11.9 Å². The van der Waals surface area contributed by atoms with Crippen LogP contribution in [0, 0.1) is 5.95 Å². The Morgan fingerprint density at radius 1 is 1.17 bits per heavy atom. The summed E-state index contributed by atoms with van der Waals surface area (Å²) in [7, 11) is 0. The average Bonchev–Trinajstić information content (AvgIpc) is 2.41. The zero-order valence-corrected chi connectivity index (χ0v) is 11.2. The van der Waals surface area contributed by atoms with E-state index in [1.807, 2.05) is 0 Å². The Hall–Kier alpha value is -1.55. The molecule has 0 aliphatic carbocycles. The standard InChI is InChI=1S/C14H15FN2S/c1-10(11-3-6-13(18-2)7-4-11)17-12-5-8-14(15)16-9-12/h3-10,17H,1-2H3. The molecule has 2 aromatic rings. The van der Waals surface area contributed by atoms with E-state index in [1.54, 1.807) is 17.8 Å². The smallest absolute Gasteiger partial charge is 0.212 e. The van der Waals surface area contributed by atoms with Crippen LogP contribution in [0.4, 0.5) is 10.1 Å². The molecule has 0 aliphatic rings. The van der Waals surface area contributed by atoms with Gasteiger partial charge in [0.25, 0.3) is 0 Å². The van der Waals surface area contributed by atoms with Crippen molar-refractivity contribution >= 4 is 17.4 Å². The molecule has 2 rings (SSSR count). The first kappa shape index (κ1) is 12.9. The Bertz CT molecular complexity index is 496. The first-order valence-corrected chi connectivity index (χ1v) is 6.93. The largest absolute Gasteiger partial charge is 0.377 e. The summed E-state index contributed by atoms with van der Waals surface area (Å²) >= 11 is 1.72. The summed E-state index contributed by atoms with van der Waals surface area (Å²) in [6, 6.07) is 11.6. The predicted octanol–water partition coefficient (Wildman–Crippen LogP) is 4.12. The van der Waals surface area contributed by atoms with Gasteiger partial charge in [0.2, 0.25) is 5.95 Å². The van der Waals surface area contributed by atoms with Gasteiger partial charge in [-0.25, -0.2) is 4.98 Å². The lowest BCUT2D eigenvalue weighted by Crippen LogP contribution is -2.06. The topological polar surface area (TPSA) is 24.9 Å². The molecule has 1 atom stereocenters. The van der Waals surface area contributed by atoms with Crippen LogP contribution >= 0.6 is 11.8 Å². The molecule has 0 spiro atoms. The van der Waals surface area contributed by atoms with Crippen molar-refractivity contribution in [2.45, 2.75) is 17.9 Å². The van der Waals surface area contributed by atoms with Crippen LogP contribution in [0.15, 0.2) is 47.5 Å². The van der Waals surface area contributed by atoms with E-state index in [1.165, 1.54) is 22.7 Å². The molecule has 1 aromatic carbocycles. The van der Waals surface area contributed by atoms with E-state index in [2.05, 4.69) is 47.7 Å². The number of hydrogen-bond acceptors (Lipinski definition) is 3. The summed E-state index contributed by atoms with van der Waals surface area (Å²) < 4.78 is 12.7. The van der Waals surface area contributed by atoms with Crippen LogP contribution in [0.5, 0.6) is 0 Å². The van der Waals surface area contributed by atoms with Gasteiger partial charge < -0.3 is 5.32 Å². The molecular weight excluding hydrogens is 247 g/mol. The van der Waals surface area contributed by atoms with Crippen molar-refractivity contribution in [3.63, 3.8) is 0 Å². The number of hydrogen-bond donors (Lipinski definition) is 1. The summed E-state index contributed by atoms with van der Waals surface area (Å²) in [6.45, 7) is 2.07. The van der Waals surface area contributed by atoms with Gasteiger partial charge in [0.1, 0.15) is 0 Å². The lowest BCUT2D eigenvalue weighted by molar-refractivity contribution is 0.584. The van der Waals surface area contributed by atoms with E-state index < -0.39 is 5.95 Å².